The van der Waals surface area contributed by atoms with Crippen LogP contribution in [0.15, 0.2) is 18.5 Å². The molecule has 0 radical (unpaired) electrons. The van der Waals surface area contributed by atoms with Crippen LogP contribution < -0.4 is 5.32 Å². The van der Waals surface area contributed by atoms with Crippen LogP contribution in [0.25, 0.3) is 10.1 Å². The smallest absolute Gasteiger partial charge is 0.261 e. The van der Waals surface area contributed by atoms with Gasteiger partial charge in [-0.05, 0) is 19.9 Å². The van der Waals surface area contributed by atoms with Crippen molar-refractivity contribution in [2.24, 2.45) is 0 Å². The molecule has 0 saturated heterocycles. The Balaban J connectivity index is 2.10. The Morgan fingerprint density at radius 1 is 1.50 bits per heavy atom. The highest BCUT2D eigenvalue weighted by Gasteiger charge is 2.11. The van der Waals surface area contributed by atoms with Gasteiger partial charge in [0.15, 0.2) is 0 Å². The molecule has 4 nitrogen and oxygen atoms in total. The summed E-state index contributed by atoms with van der Waals surface area (Å²) >= 11 is 1.53. The number of nitrogens with one attached hydrogen (secondary N) is 1. The normalized spacial score (nSPS) is 11.3. The zero-order valence-electron chi connectivity index (χ0n) is 10.9. The Labute approximate surface area is 111 Å². The quantitative estimate of drug-likeness (QED) is 0.845. The Morgan fingerprint density at radius 2 is 2.28 bits per heavy atom. The van der Waals surface area contributed by atoms with E-state index < -0.39 is 0 Å². The van der Waals surface area contributed by atoms with E-state index in [1.165, 1.54) is 11.3 Å². The summed E-state index contributed by atoms with van der Waals surface area (Å²) in [5.41, 5.74) is 0. The molecule has 0 bridgehead atoms. The van der Waals surface area contributed by atoms with E-state index in [0.29, 0.717) is 19.2 Å². The Morgan fingerprint density at radius 3 is 2.89 bits per heavy atom. The monoisotopic (exact) mass is 266 g/mol. The molecule has 0 aliphatic carbocycles. The minimum Gasteiger partial charge on any atom is -0.383 e. The molecule has 5 heteroatoms. The van der Waals surface area contributed by atoms with Crippen molar-refractivity contribution >= 4 is 27.3 Å². The SMILES string of the molecule is COCCNC(=O)c1cc2cn(C(C)C)cc2s1. The van der Waals surface area contributed by atoms with Gasteiger partial charge < -0.3 is 14.6 Å². The fraction of sp³-hybridized carbons (Fsp3) is 0.462. The van der Waals surface area contributed by atoms with Gasteiger partial charge in [-0.3, -0.25) is 4.79 Å². The van der Waals surface area contributed by atoms with E-state index in [1.54, 1.807) is 7.11 Å². The number of amides is 1. The number of thiophene rings is 1. The van der Waals surface area contributed by atoms with E-state index >= 15 is 0 Å². The number of carbonyl (C=O) groups is 1. The minimum atomic E-state index is -0.0238. The van der Waals surface area contributed by atoms with E-state index in [0.717, 1.165) is 15.0 Å². The van der Waals surface area contributed by atoms with Crippen molar-refractivity contribution in [3.05, 3.63) is 23.3 Å². The fourth-order valence-corrected chi connectivity index (χ4v) is 2.71. The largest absolute Gasteiger partial charge is 0.383 e. The molecular weight excluding hydrogens is 248 g/mol. The molecule has 0 aromatic carbocycles. The number of carbonyl (C=O) groups excluding carboxylic acids is 1. The van der Waals surface area contributed by atoms with Crippen LogP contribution >= 0.6 is 11.3 Å². The first-order chi connectivity index (χ1) is 8.61. The van der Waals surface area contributed by atoms with Crippen LogP contribution in [0.2, 0.25) is 0 Å². The van der Waals surface area contributed by atoms with Gasteiger partial charge in [-0.25, -0.2) is 0 Å². The number of nitrogens with zero attached hydrogens (tertiary/aromatic N) is 1. The van der Waals surface area contributed by atoms with Crippen molar-refractivity contribution in [1.82, 2.24) is 9.88 Å². The average Bonchev–Trinajstić information content (AvgIpc) is 2.86. The van der Waals surface area contributed by atoms with Crippen molar-refractivity contribution in [1.29, 1.82) is 0 Å². The van der Waals surface area contributed by atoms with Crippen molar-refractivity contribution in [3.8, 4) is 0 Å². The fourth-order valence-electron chi connectivity index (χ4n) is 1.72. The van der Waals surface area contributed by atoms with Gasteiger partial charge in [0.2, 0.25) is 0 Å². The topological polar surface area (TPSA) is 43.3 Å². The molecule has 0 atom stereocenters. The number of ether oxygens (including phenoxy) is 1. The van der Waals surface area contributed by atoms with E-state index in [1.807, 2.05) is 6.07 Å². The summed E-state index contributed by atoms with van der Waals surface area (Å²) in [6, 6.07) is 2.39. The summed E-state index contributed by atoms with van der Waals surface area (Å²) in [6.45, 7) is 5.36. The Bertz CT molecular complexity index is 511. The van der Waals surface area contributed by atoms with Crippen molar-refractivity contribution in [2.45, 2.75) is 19.9 Å². The molecule has 2 heterocycles. The van der Waals surface area contributed by atoms with Crippen LogP contribution in [-0.4, -0.2) is 30.7 Å². The third-order valence-corrected chi connectivity index (χ3v) is 3.84. The molecule has 0 unspecified atom stereocenters. The van der Waals surface area contributed by atoms with Crippen molar-refractivity contribution < 1.29 is 9.53 Å². The van der Waals surface area contributed by atoms with Crippen LogP contribution in [0.5, 0.6) is 0 Å². The molecule has 2 aromatic rings. The zero-order chi connectivity index (χ0) is 13.1. The molecule has 1 N–H and O–H groups in total. The summed E-state index contributed by atoms with van der Waals surface area (Å²) in [7, 11) is 1.62. The molecule has 98 valence electrons. The predicted molar refractivity (Wildman–Crippen MR) is 74.4 cm³/mol. The van der Waals surface area contributed by atoms with Crippen LogP contribution in [-0.2, 0) is 4.74 Å². The van der Waals surface area contributed by atoms with Gasteiger partial charge in [0.1, 0.15) is 0 Å². The summed E-state index contributed by atoms with van der Waals surface area (Å²) < 4.78 is 8.21. The van der Waals surface area contributed by atoms with E-state index in [9.17, 15) is 4.79 Å². The predicted octanol–water partition coefficient (Wildman–Crippen LogP) is 2.66. The van der Waals surface area contributed by atoms with Crippen LogP contribution in [0.4, 0.5) is 0 Å². The number of rotatable bonds is 5. The van der Waals surface area contributed by atoms with E-state index in [-0.39, 0.29) is 5.91 Å². The second-order valence-corrected chi connectivity index (χ2v) is 5.56. The third-order valence-electron chi connectivity index (χ3n) is 2.76. The lowest BCUT2D eigenvalue weighted by molar-refractivity contribution is 0.0941. The summed E-state index contributed by atoms with van der Waals surface area (Å²) in [5.74, 6) is -0.0238. The summed E-state index contributed by atoms with van der Waals surface area (Å²) in [6.07, 6.45) is 4.18. The summed E-state index contributed by atoms with van der Waals surface area (Å²) in [4.78, 5) is 12.6. The van der Waals surface area contributed by atoms with E-state index in [4.69, 9.17) is 4.74 Å². The van der Waals surface area contributed by atoms with Gasteiger partial charge >= 0.3 is 0 Å². The number of methoxy groups -OCH3 is 1. The standard InChI is InChI=1S/C13H18N2O2S/c1-9(2)15-7-10-6-11(18-12(10)8-15)13(16)14-4-5-17-3/h6-9H,4-5H2,1-3H3,(H,14,16). The molecule has 1 amide bonds. The highest BCUT2D eigenvalue weighted by Crippen LogP contribution is 2.27. The molecular formula is C13H18N2O2S. The summed E-state index contributed by atoms with van der Waals surface area (Å²) in [5, 5.41) is 3.96. The molecule has 0 aliphatic rings. The highest BCUT2D eigenvalue weighted by molar-refractivity contribution is 7.20. The van der Waals surface area contributed by atoms with Gasteiger partial charge in [0, 0.05) is 37.5 Å². The van der Waals surface area contributed by atoms with Crippen molar-refractivity contribution in [3.63, 3.8) is 0 Å². The van der Waals surface area contributed by atoms with Gasteiger partial charge in [-0.2, -0.15) is 0 Å². The van der Waals surface area contributed by atoms with Gasteiger partial charge in [-0.1, -0.05) is 0 Å². The molecule has 0 aliphatic heterocycles. The molecule has 0 saturated carbocycles. The maximum atomic E-state index is 11.8. The Hall–Kier alpha value is -1.33. The lowest BCUT2D eigenvalue weighted by atomic mass is 10.3. The molecule has 2 aromatic heterocycles. The molecule has 18 heavy (non-hydrogen) atoms. The molecule has 2 rings (SSSR count). The van der Waals surface area contributed by atoms with Crippen LogP contribution in [0.1, 0.15) is 29.6 Å². The first-order valence-corrected chi connectivity index (χ1v) is 6.81. The number of hydrogen-bond acceptors (Lipinski definition) is 3. The third kappa shape index (κ3) is 2.73. The Kier molecular flexibility index (Phi) is 4.04. The highest BCUT2D eigenvalue weighted by atomic mass is 32.1. The molecule has 0 fully saturated rings. The van der Waals surface area contributed by atoms with Crippen LogP contribution in [0.3, 0.4) is 0 Å². The maximum absolute atomic E-state index is 11.8. The second kappa shape index (κ2) is 5.54. The van der Waals surface area contributed by atoms with Crippen molar-refractivity contribution in [2.75, 3.05) is 20.3 Å². The lowest BCUT2D eigenvalue weighted by Gasteiger charge is -2.05. The number of fused-ring (bicyclic) bond motifs is 1. The first kappa shape index (κ1) is 13.1. The maximum Gasteiger partial charge on any atom is 0.261 e. The average molecular weight is 266 g/mol. The van der Waals surface area contributed by atoms with Gasteiger partial charge in [0.25, 0.3) is 5.91 Å². The van der Waals surface area contributed by atoms with E-state index in [2.05, 4.69) is 36.1 Å². The lowest BCUT2D eigenvalue weighted by Crippen LogP contribution is -2.26. The zero-order valence-corrected chi connectivity index (χ0v) is 11.7. The van der Waals surface area contributed by atoms with Gasteiger partial charge in [-0.15, -0.1) is 11.3 Å². The first-order valence-electron chi connectivity index (χ1n) is 6.00. The number of aromatic nitrogens is 1. The molecule has 0 spiro atoms. The van der Waals surface area contributed by atoms with Gasteiger partial charge in [0.05, 0.1) is 16.2 Å². The second-order valence-electron chi connectivity index (χ2n) is 4.48. The number of hydrogen-bond donors (Lipinski definition) is 1. The minimum absolute atomic E-state index is 0.0238. The van der Waals surface area contributed by atoms with Crippen LogP contribution in [0, 0.1) is 0 Å².